The first kappa shape index (κ1) is 23.0. The quantitative estimate of drug-likeness (QED) is 0.679. The van der Waals surface area contributed by atoms with Crippen LogP contribution >= 0.6 is 0 Å². The van der Waals surface area contributed by atoms with E-state index >= 15 is 0 Å². The topological polar surface area (TPSA) is 102 Å². The lowest BCUT2D eigenvalue weighted by Crippen LogP contribution is -2.45. The second-order valence-electron chi connectivity index (χ2n) is 8.54. The first-order valence-corrected chi connectivity index (χ1v) is 11.5. The lowest BCUT2D eigenvalue weighted by atomic mass is 10.0. The molecule has 1 spiro atoms. The zero-order chi connectivity index (χ0) is 23.4. The van der Waals surface area contributed by atoms with Crippen LogP contribution in [0.15, 0.2) is 24.3 Å². The summed E-state index contributed by atoms with van der Waals surface area (Å²) in [5, 5.41) is 11.5. The zero-order valence-corrected chi connectivity index (χ0v) is 19.5. The lowest BCUT2D eigenvalue weighted by Gasteiger charge is -2.34. The van der Waals surface area contributed by atoms with E-state index in [0.717, 1.165) is 23.4 Å². The summed E-state index contributed by atoms with van der Waals surface area (Å²) in [6.07, 6.45) is 1.09. The van der Waals surface area contributed by atoms with Gasteiger partial charge in [0.1, 0.15) is 17.0 Å². The van der Waals surface area contributed by atoms with Crippen molar-refractivity contribution in [1.29, 1.82) is 0 Å². The molecular weight excluding hydrogens is 424 g/mol. The number of urea groups is 1. The highest BCUT2D eigenvalue weighted by molar-refractivity contribution is 5.79. The van der Waals surface area contributed by atoms with Crippen molar-refractivity contribution in [3.8, 4) is 5.75 Å². The first-order chi connectivity index (χ1) is 16.0. The van der Waals surface area contributed by atoms with E-state index in [1.54, 1.807) is 12.0 Å². The number of carbonyl (C=O) groups excluding carboxylic acids is 2. The second-order valence-corrected chi connectivity index (χ2v) is 8.54. The summed E-state index contributed by atoms with van der Waals surface area (Å²) in [6.45, 7) is 7.60. The monoisotopic (exact) mass is 456 g/mol. The van der Waals surface area contributed by atoms with E-state index in [-0.39, 0.29) is 11.9 Å². The van der Waals surface area contributed by atoms with Gasteiger partial charge in [-0.25, -0.2) is 9.48 Å². The highest BCUT2D eigenvalue weighted by atomic mass is 16.5. The average Bonchev–Trinajstić information content (AvgIpc) is 3.42. The molecule has 1 N–H and O–H groups in total. The number of methoxy groups -OCH3 is 1. The zero-order valence-electron chi connectivity index (χ0n) is 19.5. The summed E-state index contributed by atoms with van der Waals surface area (Å²) >= 11 is 0. The van der Waals surface area contributed by atoms with Crippen molar-refractivity contribution < 1.29 is 19.1 Å². The molecule has 1 fully saturated rings. The van der Waals surface area contributed by atoms with Gasteiger partial charge in [-0.15, -0.1) is 5.10 Å². The van der Waals surface area contributed by atoms with Gasteiger partial charge < -0.3 is 24.6 Å². The number of nitrogens with zero attached hydrogens (tertiary/aromatic N) is 5. The van der Waals surface area contributed by atoms with E-state index in [9.17, 15) is 9.59 Å². The van der Waals surface area contributed by atoms with Gasteiger partial charge in [-0.3, -0.25) is 4.79 Å². The maximum absolute atomic E-state index is 12.9. The molecule has 1 aromatic heterocycles. The van der Waals surface area contributed by atoms with E-state index in [0.29, 0.717) is 58.0 Å². The van der Waals surface area contributed by atoms with Crippen LogP contribution in [0, 0.1) is 0 Å². The summed E-state index contributed by atoms with van der Waals surface area (Å²) in [5.74, 6) is 0.824. The number of likely N-dealkylation sites (tertiary alicyclic amines) is 1. The third-order valence-corrected chi connectivity index (χ3v) is 6.49. The molecule has 2 aliphatic rings. The standard InChI is InChI=1S/C23H32N6O4/c1-4-27(5-2)22(31)24-13-19-20-14-33-23(16-29(20)26-25-19)9-10-28(15-23)21(30)12-17-7-6-8-18(11-17)32-3/h6-8,11H,4-5,9-10,12-16H2,1-3H3,(H,24,31). The third kappa shape index (κ3) is 4.95. The summed E-state index contributed by atoms with van der Waals surface area (Å²) in [4.78, 5) is 28.7. The number of aromatic nitrogens is 3. The smallest absolute Gasteiger partial charge is 0.317 e. The molecule has 0 bridgehead atoms. The Hall–Kier alpha value is -3.14. The first-order valence-electron chi connectivity index (χ1n) is 11.5. The predicted octanol–water partition coefficient (Wildman–Crippen LogP) is 1.58. The maximum Gasteiger partial charge on any atom is 0.317 e. The second kappa shape index (κ2) is 9.78. The van der Waals surface area contributed by atoms with Crippen LogP contribution in [-0.4, -0.2) is 75.6 Å². The van der Waals surface area contributed by atoms with Gasteiger partial charge in [-0.2, -0.15) is 0 Å². The number of carbonyl (C=O) groups is 2. The van der Waals surface area contributed by atoms with Gasteiger partial charge in [0.05, 0.1) is 45.5 Å². The summed E-state index contributed by atoms with van der Waals surface area (Å²) < 4.78 is 13.4. The molecule has 0 radical (unpaired) electrons. The van der Waals surface area contributed by atoms with Crippen molar-refractivity contribution in [2.75, 3.05) is 33.3 Å². The third-order valence-electron chi connectivity index (χ3n) is 6.49. The van der Waals surface area contributed by atoms with Gasteiger partial charge in [0.15, 0.2) is 0 Å². The van der Waals surface area contributed by atoms with Crippen LogP contribution in [0.4, 0.5) is 4.79 Å². The number of fused-ring (bicyclic) bond motifs is 1. The largest absolute Gasteiger partial charge is 0.497 e. The van der Waals surface area contributed by atoms with E-state index in [2.05, 4.69) is 15.6 Å². The Bertz CT molecular complexity index is 1000. The van der Waals surface area contributed by atoms with Crippen LogP contribution in [0.2, 0.25) is 0 Å². The molecule has 2 aromatic rings. The van der Waals surface area contributed by atoms with Gasteiger partial charge >= 0.3 is 6.03 Å². The number of hydrogen-bond donors (Lipinski definition) is 1. The minimum absolute atomic E-state index is 0.0768. The summed E-state index contributed by atoms with van der Waals surface area (Å²) in [7, 11) is 1.62. The molecule has 4 rings (SSSR count). The maximum atomic E-state index is 12.9. The molecule has 178 valence electrons. The Morgan fingerprint density at radius 2 is 2.09 bits per heavy atom. The number of nitrogens with one attached hydrogen (secondary N) is 1. The van der Waals surface area contributed by atoms with Crippen molar-refractivity contribution in [2.24, 2.45) is 0 Å². The fourth-order valence-electron chi connectivity index (χ4n) is 4.49. The van der Waals surface area contributed by atoms with Gasteiger partial charge in [-0.1, -0.05) is 17.3 Å². The number of amides is 3. The molecule has 1 saturated heterocycles. The normalized spacial score (nSPS) is 19.4. The van der Waals surface area contributed by atoms with Crippen molar-refractivity contribution in [3.05, 3.63) is 41.2 Å². The highest BCUT2D eigenvalue weighted by Gasteiger charge is 2.44. The molecule has 3 heterocycles. The van der Waals surface area contributed by atoms with Gasteiger partial charge in [0.2, 0.25) is 5.91 Å². The van der Waals surface area contributed by atoms with Crippen molar-refractivity contribution in [3.63, 3.8) is 0 Å². The van der Waals surface area contributed by atoms with E-state index in [4.69, 9.17) is 9.47 Å². The molecule has 0 aliphatic carbocycles. The Morgan fingerprint density at radius 3 is 2.85 bits per heavy atom. The fraction of sp³-hybridized carbons (Fsp3) is 0.565. The van der Waals surface area contributed by atoms with Crippen LogP contribution in [0.1, 0.15) is 37.2 Å². The number of hydrogen-bond acceptors (Lipinski definition) is 6. The van der Waals surface area contributed by atoms with Gasteiger partial charge in [0.25, 0.3) is 0 Å². The predicted molar refractivity (Wildman–Crippen MR) is 121 cm³/mol. The Morgan fingerprint density at radius 1 is 1.27 bits per heavy atom. The van der Waals surface area contributed by atoms with Crippen LogP contribution in [-0.2, 0) is 35.6 Å². The molecule has 10 heteroatoms. The van der Waals surface area contributed by atoms with E-state index in [1.807, 2.05) is 47.7 Å². The minimum atomic E-state index is -0.452. The Labute approximate surface area is 193 Å². The molecule has 0 saturated carbocycles. The molecule has 33 heavy (non-hydrogen) atoms. The molecule has 1 atom stereocenters. The van der Waals surface area contributed by atoms with Crippen LogP contribution in [0.5, 0.6) is 5.75 Å². The number of benzene rings is 1. The highest BCUT2D eigenvalue weighted by Crippen LogP contribution is 2.33. The van der Waals surface area contributed by atoms with Crippen LogP contribution in [0.3, 0.4) is 0 Å². The van der Waals surface area contributed by atoms with Crippen LogP contribution < -0.4 is 10.1 Å². The summed E-state index contributed by atoms with van der Waals surface area (Å²) in [5.41, 5.74) is 2.07. The van der Waals surface area contributed by atoms with Crippen molar-refractivity contribution in [1.82, 2.24) is 30.1 Å². The Kier molecular flexibility index (Phi) is 6.83. The number of ether oxygens (including phenoxy) is 2. The number of rotatable bonds is 7. The summed E-state index contributed by atoms with van der Waals surface area (Å²) in [6, 6.07) is 7.48. The molecule has 1 aromatic carbocycles. The van der Waals surface area contributed by atoms with Crippen LogP contribution in [0.25, 0.3) is 0 Å². The molecular formula is C23H32N6O4. The van der Waals surface area contributed by atoms with Gasteiger partial charge in [-0.05, 0) is 38.0 Å². The van der Waals surface area contributed by atoms with Crippen molar-refractivity contribution >= 4 is 11.9 Å². The van der Waals surface area contributed by atoms with Crippen molar-refractivity contribution in [2.45, 2.75) is 52.0 Å². The van der Waals surface area contributed by atoms with E-state index in [1.165, 1.54) is 0 Å². The molecule has 2 aliphatic heterocycles. The molecule has 3 amide bonds. The van der Waals surface area contributed by atoms with Gasteiger partial charge in [0, 0.05) is 19.6 Å². The fourth-order valence-corrected chi connectivity index (χ4v) is 4.49. The Balaban J connectivity index is 1.35. The SMILES string of the molecule is CCN(CC)C(=O)NCc1nnn2c1COC1(CCN(C(=O)Cc3cccc(OC)c3)C1)C2. The average molecular weight is 457 g/mol. The molecule has 10 nitrogen and oxygen atoms in total. The lowest BCUT2D eigenvalue weighted by molar-refractivity contribution is -0.132. The minimum Gasteiger partial charge on any atom is -0.497 e. The molecule has 1 unspecified atom stereocenters. The van der Waals surface area contributed by atoms with E-state index < -0.39 is 5.60 Å².